The normalized spacial score (nSPS) is 13.2. The van der Waals surface area contributed by atoms with E-state index in [-0.39, 0.29) is 48.6 Å². The lowest BCUT2D eigenvalue weighted by Gasteiger charge is -2.27. The zero-order chi connectivity index (χ0) is 22.3. The molecule has 1 heterocycles. The lowest BCUT2D eigenvalue weighted by molar-refractivity contribution is -0.125. The van der Waals surface area contributed by atoms with Crippen molar-refractivity contribution in [3.8, 4) is 0 Å². The van der Waals surface area contributed by atoms with Crippen molar-refractivity contribution in [1.29, 1.82) is 0 Å². The highest BCUT2D eigenvalue weighted by atomic mass is 16.5. The molecule has 1 aromatic heterocycles. The Morgan fingerprint density at radius 2 is 1.73 bits per heavy atom. The Morgan fingerprint density at radius 1 is 1.03 bits per heavy atom. The lowest BCUT2D eigenvalue weighted by Crippen LogP contribution is -2.55. The van der Waals surface area contributed by atoms with Crippen LogP contribution in [-0.4, -0.2) is 43.1 Å². The Hall–Kier alpha value is -3.03. The van der Waals surface area contributed by atoms with E-state index in [1.165, 1.54) is 0 Å². The van der Waals surface area contributed by atoms with Crippen molar-refractivity contribution in [2.45, 2.75) is 46.7 Å². The van der Waals surface area contributed by atoms with E-state index >= 15 is 0 Å². The van der Waals surface area contributed by atoms with E-state index < -0.39 is 12.1 Å². The van der Waals surface area contributed by atoms with Gasteiger partial charge in [0.05, 0.1) is 6.61 Å². The number of para-hydroxylation sites is 1. The van der Waals surface area contributed by atoms with Crippen LogP contribution in [0.5, 0.6) is 0 Å². The molecule has 164 valence electrons. The quantitative estimate of drug-likeness (QED) is 0.581. The molecule has 0 fully saturated rings. The standard InChI is InChI=1S/C22H31N3O5/c1-6-29-22(28)25-19(14(4)5)21(27)24-16(13(2)3)12-23-20(26)18-11-15-9-7-8-10-17(15)30-18/h7-11,13-14,16,19H,6,12H2,1-5H3,(H,23,26)(H,24,27)(H,25,28)/t16-,19?/m1/s1. The van der Waals surface area contributed by atoms with E-state index in [4.69, 9.17) is 9.15 Å². The molecule has 0 saturated carbocycles. The van der Waals surface area contributed by atoms with Gasteiger partial charge in [-0.1, -0.05) is 45.9 Å². The number of hydrogen-bond donors (Lipinski definition) is 3. The Morgan fingerprint density at radius 3 is 2.33 bits per heavy atom. The molecule has 1 unspecified atom stereocenters. The highest BCUT2D eigenvalue weighted by molar-refractivity contribution is 5.96. The van der Waals surface area contributed by atoms with Gasteiger partial charge in [-0.15, -0.1) is 0 Å². The van der Waals surface area contributed by atoms with Crippen LogP contribution in [0.3, 0.4) is 0 Å². The summed E-state index contributed by atoms with van der Waals surface area (Å²) >= 11 is 0. The van der Waals surface area contributed by atoms with Crippen molar-refractivity contribution in [3.63, 3.8) is 0 Å². The number of carbonyl (C=O) groups is 3. The van der Waals surface area contributed by atoms with Gasteiger partial charge >= 0.3 is 6.09 Å². The minimum Gasteiger partial charge on any atom is -0.451 e. The predicted octanol–water partition coefficient (Wildman–Crippen LogP) is 3.07. The maximum absolute atomic E-state index is 12.8. The summed E-state index contributed by atoms with van der Waals surface area (Å²) < 4.78 is 10.5. The molecule has 8 nitrogen and oxygen atoms in total. The van der Waals surface area contributed by atoms with Gasteiger partial charge in [0.1, 0.15) is 11.6 Å². The summed E-state index contributed by atoms with van der Waals surface area (Å²) in [6, 6.07) is 8.01. The van der Waals surface area contributed by atoms with Crippen LogP contribution in [0.4, 0.5) is 4.79 Å². The molecule has 0 radical (unpaired) electrons. The molecular weight excluding hydrogens is 386 g/mol. The first kappa shape index (κ1) is 23.3. The highest BCUT2D eigenvalue weighted by Gasteiger charge is 2.28. The number of rotatable bonds is 9. The highest BCUT2D eigenvalue weighted by Crippen LogP contribution is 2.18. The minimum atomic E-state index is -0.739. The van der Waals surface area contributed by atoms with Crippen LogP contribution in [0, 0.1) is 11.8 Å². The third kappa shape index (κ3) is 6.23. The third-order valence-electron chi connectivity index (χ3n) is 4.76. The largest absolute Gasteiger partial charge is 0.451 e. The van der Waals surface area contributed by atoms with Crippen LogP contribution in [-0.2, 0) is 9.53 Å². The van der Waals surface area contributed by atoms with Gasteiger partial charge in [0, 0.05) is 18.0 Å². The second-order valence-corrected chi connectivity index (χ2v) is 7.80. The number of amides is 3. The molecule has 2 aromatic rings. The molecule has 2 rings (SSSR count). The van der Waals surface area contributed by atoms with Crippen molar-refractivity contribution in [1.82, 2.24) is 16.0 Å². The molecule has 0 bridgehead atoms. The van der Waals surface area contributed by atoms with Crippen molar-refractivity contribution in [2.24, 2.45) is 11.8 Å². The maximum Gasteiger partial charge on any atom is 0.407 e. The molecular formula is C22H31N3O5. The Kier molecular flexibility index (Phi) is 8.26. The molecule has 3 amide bonds. The SMILES string of the molecule is CCOC(=O)NC(C(=O)N[C@H](CNC(=O)c1cc2ccccc2o1)C(C)C)C(C)C. The van der Waals surface area contributed by atoms with Crippen LogP contribution in [0.2, 0.25) is 0 Å². The summed E-state index contributed by atoms with van der Waals surface area (Å²) in [5.74, 6) is -0.535. The molecule has 0 aliphatic rings. The number of hydrogen-bond acceptors (Lipinski definition) is 5. The van der Waals surface area contributed by atoms with E-state index in [0.717, 1.165) is 5.39 Å². The lowest BCUT2D eigenvalue weighted by atomic mass is 10.0. The van der Waals surface area contributed by atoms with E-state index in [9.17, 15) is 14.4 Å². The molecule has 0 saturated heterocycles. The fraction of sp³-hybridized carbons (Fsp3) is 0.500. The van der Waals surface area contributed by atoms with Crippen LogP contribution < -0.4 is 16.0 Å². The van der Waals surface area contributed by atoms with Crippen molar-refractivity contribution >= 4 is 28.9 Å². The van der Waals surface area contributed by atoms with E-state index in [1.54, 1.807) is 19.1 Å². The van der Waals surface area contributed by atoms with E-state index in [2.05, 4.69) is 16.0 Å². The number of alkyl carbamates (subject to hydrolysis) is 1. The number of carbonyl (C=O) groups excluding carboxylic acids is 3. The van der Waals surface area contributed by atoms with Crippen LogP contribution in [0.15, 0.2) is 34.7 Å². The number of nitrogens with one attached hydrogen (secondary N) is 3. The number of ether oxygens (including phenoxy) is 1. The monoisotopic (exact) mass is 417 g/mol. The molecule has 3 N–H and O–H groups in total. The van der Waals surface area contributed by atoms with Gasteiger partial charge in [0.15, 0.2) is 5.76 Å². The molecule has 0 spiro atoms. The third-order valence-corrected chi connectivity index (χ3v) is 4.76. The minimum absolute atomic E-state index is 0.0559. The van der Waals surface area contributed by atoms with Gasteiger partial charge in [-0.2, -0.15) is 0 Å². The van der Waals surface area contributed by atoms with E-state index in [1.807, 2.05) is 45.9 Å². The van der Waals surface area contributed by atoms with Crippen molar-refractivity contribution in [2.75, 3.05) is 13.2 Å². The number of furan rings is 1. The first-order chi connectivity index (χ1) is 14.2. The fourth-order valence-corrected chi connectivity index (χ4v) is 2.94. The van der Waals surface area contributed by atoms with Crippen LogP contribution >= 0.6 is 0 Å². The molecule has 0 aliphatic heterocycles. The van der Waals surface area contributed by atoms with Crippen molar-refractivity contribution < 1.29 is 23.5 Å². The van der Waals surface area contributed by atoms with E-state index in [0.29, 0.717) is 5.58 Å². The Bertz CT molecular complexity index is 842. The summed E-state index contributed by atoms with van der Waals surface area (Å²) in [6.45, 7) is 9.71. The predicted molar refractivity (Wildman–Crippen MR) is 114 cm³/mol. The van der Waals surface area contributed by atoms with Gasteiger partial charge in [0.2, 0.25) is 5.91 Å². The Balaban J connectivity index is 1.99. The van der Waals surface area contributed by atoms with Crippen LogP contribution in [0.25, 0.3) is 11.0 Å². The zero-order valence-corrected chi connectivity index (χ0v) is 18.2. The summed E-state index contributed by atoms with van der Waals surface area (Å²) in [7, 11) is 0. The summed E-state index contributed by atoms with van der Waals surface area (Å²) in [4.78, 5) is 37.0. The molecule has 8 heteroatoms. The number of fused-ring (bicyclic) bond motifs is 1. The first-order valence-corrected chi connectivity index (χ1v) is 10.2. The average molecular weight is 418 g/mol. The molecule has 0 aliphatic carbocycles. The van der Waals surface area contributed by atoms with Crippen LogP contribution in [0.1, 0.15) is 45.2 Å². The van der Waals surface area contributed by atoms with Gasteiger partial charge in [-0.05, 0) is 30.9 Å². The summed E-state index contributed by atoms with van der Waals surface area (Å²) in [5.41, 5.74) is 0.640. The first-order valence-electron chi connectivity index (χ1n) is 10.2. The molecule has 30 heavy (non-hydrogen) atoms. The fourth-order valence-electron chi connectivity index (χ4n) is 2.94. The van der Waals surface area contributed by atoms with Gasteiger partial charge < -0.3 is 25.1 Å². The average Bonchev–Trinajstić information content (AvgIpc) is 3.13. The van der Waals surface area contributed by atoms with Gasteiger partial charge in [-0.3, -0.25) is 9.59 Å². The molecule has 2 atom stereocenters. The van der Waals surface area contributed by atoms with Gasteiger partial charge in [-0.25, -0.2) is 4.79 Å². The van der Waals surface area contributed by atoms with Gasteiger partial charge in [0.25, 0.3) is 5.91 Å². The van der Waals surface area contributed by atoms with Crippen molar-refractivity contribution in [3.05, 3.63) is 36.1 Å². The second-order valence-electron chi connectivity index (χ2n) is 7.80. The smallest absolute Gasteiger partial charge is 0.407 e. The second kappa shape index (κ2) is 10.7. The topological polar surface area (TPSA) is 110 Å². The summed E-state index contributed by atoms with van der Waals surface area (Å²) in [5, 5.41) is 9.18. The molecule has 1 aromatic carbocycles. The Labute approximate surface area is 176 Å². The maximum atomic E-state index is 12.8. The number of benzene rings is 1. The summed E-state index contributed by atoms with van der Waals surface area (Å²) in [6.07, 6.45) is -0.634. The zero-order valence-electron chi connectivity index (χ0n) is 18.2.